The van der Waals surface area contributed by atoms with Crippen LogP contribution in [0.1, 0.15) is 52.4 Å². The second-order valence-corrected chi connectivity index (χ2v) is 4.67. The minimum absolute atomic E-state index is 0.368. The van der Waals surface area contributed by atoms with Gasteiger partial charge in [0.1, 0.15) is 0 Å². The van der Waals surface area contributed by atoms with Crippen LogP contribution in [-0.4, -0.2) is 27.3 Å². The first kappa shape index (κ1) is 14.9. The van der Waals surface area contributed by atoms with Crippen molar-refractivity contribution in [2.75, 3.05) is 27.3 Å². The predicted octanol–water partition coefficient (Wildman–Crippen LogP) is 3.22. The maximum absolute atomic E-state index is 5.40. The number of hydrogen-bond donors (Lipinski definition) is 1. The van der Waals surface area contributed by atoms with E-state index in [1.165, 1.54) is 38.5 Å². The third-order valence-electron chi connectivity index (χ3n) is 3.09. The maximum atomic E-state index is 5.40. The highest BCUT2D eigenvalue weighted by atomic mass is 16.5. The third kappa shape index (κ3) is 6.16. The molecule has 0 aliphatic carbocycles. The van der Waals surface area contributed by atoms with Crippen molar-refractivity contribution in [1.82, 2.24) is 5.32 Å². The fourth-order valence-electron chi connectivity index (χ4n) is 2.46. The van der Waals surface area contributed by atoms with E-state index in [0.29, 0.717) is 5.41 Å². The Morgan fingerprint density at radius 2 is 1.80 bits per heavy atom. The first-order valence-electron chi connectivity index (χ1n) is 6.38. The normalized spacial score (nSPS) is 15.2. The molecule has 0 rings (SSSR count). The average molecular weight is 215 g/mol. The first-order chi connectivity index (χ1) is 7.24. The Morgan fingerprint density at radius 1 is 1.07 bits per heavy atom. The number of nitrogens with one attached hydrogen (secondary N) is 1. The Balaban J connectivity index is 4.18. The van der Waals surface area contributed by atoms with E-state index >= 15 is 0 Å². The molecule has 0 aliphatic rings. The number of unbranched alkanes of at least 4 members (excludes halogenated alkanes) is 2. The number of ether oxygens (including phenoxy) is 1. The van der Waals surface area contributed by atoms with Crippen molar-refractivity contribution < 1.29 is 4.74 Å². The molecule has 0 saturated heterocycles. The summed E-state index contributed by atoms with van der Waals surface area (Å²) in [4.78, 5) is 0. The zero-order valence-corrected chi connectivity index (χ0v) is 11.1. The fraction of sp³-hybridized carbons (Fsp3) is 1.00. The van der Waals surface area contributed by atoms with Crippen LogP contribution in [0.25, 0.3) is 0 Å². The fourth-order valence-corrected chi connectivity index (χ4v) is 2.46. The second kappa shape index (κ2) is 9.17. The second-order valence-electron chi connectivity index (χ2n) is 4.67. The molecule has 0 spiro atoms. The summed E-state index contributed by atoms with van der Waals surface area (Å²) in [5, 5.41) is 3.33. The van der Waals surface area contributed by atoms with Gasteiger partial charge in [0.2, 0.25) is 0 Å². The molecule has 0 amide bonds. The highest BCUT2D eigenvalue weighted by Gasteiger charge is 2.27. The van der Waals surface area contributed by atoms with Gasteiger partial charge >= 0.3 is 0 Å². The van der Waals surface area contributed by atoms with Crippen LogP contribution < -0.4 is 5.32 Å². The monoisotopic (exact) mass is 215 g/mol. The van der Waals surface area contributed by atoms with Gasteiger partial charge in [0, 0.05) is 19.1 Å². The molecule has 0 saturated carbocycles. The zero-order chi connectivity index (χ0) is 11.6. The molecule has 0 bridgehead atoms. The molecule has 0 fully saturated rings. The van der Waals surface area contributed by atoms with Gasteiger partial charge in [0.05, 0.1) is 6.61 Å². The van der Waals surface area contributed by atoms with Crippen molar-refractivity contribution in [2.24, 2.45) is 5.41 Å². The van der Waals surface area contributed by atoms with Crippen LogP contribution >= 0.6 is 0 Å². The topological polar surface area (TPSA) is 21.3 Å². The maximum Gasteiger partial charge on any atom is 0.0530 e. The van der Waals surface area contributed by atoms with Gasteiger partial charge < -0.3 is 10.1 Å². The molecule has 2 nitrogen and oxygen atoms in total. The van der Waals surface area contributed by atoms with E-state index in [1.807, 2.05) is 14.2 Å². The van der Waals surface area contributed by atoms with Crippen molar-refractivity contribution in [3.8, 4) is 0 Å². The minimum atomic E-state index is 0.368. The van der Waals surface area contributed by atoms with Crippen LogP contribution in [0.5, 0.6) is 0 Å². The molecule has 15 heavy (non-hydrogen) atoms. The minimum Gasteiger partial charge on any atom is -0.384 e. The zero-order valence-electron chi connectivity index (χ0n) is 11.1. The van der Waals surface area contributed by atoms with E-state index in [4.69, 9.17) is 4.74 Å². The summed E-state index contributed by atoms with van der Waals surface area (Å²) in [7, 11) is 3.86. The number of hydrogen-bond acceptors (Lipinski definition) is 2. The van der Waals surface area contributed by atoms with Crippen molar-refractivity contribution in [2.45, 2.75) is 52.4 Å². The van der Waals surface area contributed by atoms with Gasteiger partial charge in [-0.2, -0.15) is 0 Å². The Labute approximate surface area is 95.8 Å². The molecule has 0 aromatic heterocycles. The molecule has 92 valence electrons. The average Bonchev–Trinajstić information content (AvgIpc) is 2.19. The lowest BCUT2D eigenvalue weighted by Gasteiger charge is -2.33. The molecule has 0 heterocycles. The summed E-state index contributed by atoms with van der Waals surface area (Å²) in [6, 6.07) is 0. The van der Waals surface area contributed by atoms with Crippen molar-refractivity contribution in [3.05, 3.63) is 0 Å². The van der Waals surface area contributed by atoms with Crippen LogP contribution in [0.4, 0.5) is 0 Å². The molecule has 0 aromatic rings. The van der Waals surface area contributed by atoms with Crippen LogP contribution in [0.15, 0.2) is 0 Å². The molecule has 1 N–H and O–H groups in total. The number of rotatable bonds is 10. The van der Waals surface area contributed by atoms with Gasteiger partial charge in [-0.15, -0.1) is 0 Å². The molecular formula is C13H29NO. The van der Waals surface area contributed by atoms with E-state index in [1.54, 1.807) is 0 Å². The molecule has 0 aliphatic heterocycles. The van der Waals surface area contributed by atoms with E-state index < -0.39 is 0 Å². The Hall–Kier alpha value is -0.0800. The van der Waals surface area contributed by atoms with Gasteiger partial charge in [-0.1, -0.05) is 39.5 Å². The van der Waals surface area contributed by atoms with Crippen molar-refractivity contribution in [3.63, 3.8) is 0 Å². The molecule has 1 atom stereocenters. The Morgan fingerprint density at radius 3 is 2.27 bits per heavy atom. The summed E-state index contributed by atoms with van der Waals surface area (Å²) in [6.45, 7) is 6.50. The standard InChI is InChI=1S/C13H29NO/c1-5-7-8-10-13(9-6-2,11-14-3)12-15-4/h14H,5-12H2,1-4H3. The smallest absolute Gasteiger partial charge is 0.0530 e. The quantitative estimate of drug-likeness (QED) is 0.565. The van der Waals surface area contributed by atoms with Crippen molar-refractivity contribution in [1.29, 1.82) is 0 Å². The molecule has 1 unspecified atom stereocenters. The first-order valence-corrected chi connectivity index (χ1v) is 6.38. The largest absolute Gasteiger partial charge is 0.384 e. The molecule has 0 aromatic carbocycles. The van der Waals surface area contributed by atoms with Gasteiger partial charge in [0.15, 0.2) is 0 Å². The lowest BCUT2D eigenvalue weighted by atomic mass is 9.79. The van der Waals surface area contributed by atoms with Crippen LogP contribution in [0.3, 0.4) is 0 Å². The van der Waals surface area contributed by atoms with E-state index in [-0.39, 0.29) is 0 Å². The summed E-state index contributed by atoms with van der Waals surface area (Å²) in [6.07, 6.45) is 7.79. The molecular weight excluding hydrogens is 186 g/mol. The summed E-state index contributed by atoms with van der Waals surface area (Å²) < 4.78 is 5.40. The van der Waals surface area contributed by atoms with E-state index in [2.05, 4.69) is 19.2 Å². The highest BCUT2D eigenvalue weighted by molar-refractivity contribution is 4.80. The lowest BCUT2D eigenvalue weighted by Crippen LogP contribution is -2.36. The molecule has 2 heteroatoms. The van der Waals surface area contributed by atoms with Gasteiger partial charge in [-0.05, 0) is 19.9 Å². The predicted molar refractivity (Wildman–Crippen MR) is 67.3 cm³/mol. The van der Waals surface area contributed by atoms with Gasteiger partial charge in [0.25, 0.3) is 0 Å². The van der Waals surface area contributed by atoms with Crippen molar-refractivity contribution >= 4 is 0 Å². The van der Waals surface area contributed by atoms with Crippen LogP contribution in [-0.2, 0) is 4.74 Å². The van der Waals surface area contributed by atoms with Crippen LogP contribution in [0, 0.1) is 5.41 Å². The highest BCUT2D eigenvalue weighted by Crippen LogP contribution is 2.30. The Bertz CT molecular complexity index is 119. The van der Waals surface area contributed by atoms with Gasteiger partial charge in [-0.25, -0.2) is 0 Å². The van der Waals surface area contributed by atoms with Gasteiger partial charge in [-0.3, -0.25) is 0 Å². The van der Waals surface area contributed by atoms with Crippen LogP contribution in [0.2, 0.25) is 0 Å². The summed E-state index contributed by atoms with van der Waals surface area (Å²) in [5.41, 5.74) is 0.368. The summed E-state index contributed by atoms with van der Waals surface area (Å²) >= 11 is 0. The van der Waals surface area contributed by atoms with E-state index in [0.717, 1.165) is 13.2 Å². The number of methoxy groups -OCH3 is 1. The Kier molecular flexibility index (Phi) is 9.12. The van der Waals surface area contributed by atoms with E-state index in [9.17, 15) is 0 Å². The third-order valence-corrected chi connectivity index (χ3v) is 3.09. The summed E-state index contributed by atoms with van der Waals surface area (Å²) in [5.74, 6) is 0. The lowest BCUT2D eigenvalue weighted by molar-refractivity contribution is 0.0629. The molecule has 0 radical (unpaired) electrons. The SMILES string of the molecule is CCCCCC(CCC)(CNC)COC.